The monoisotopic (exact) mass is 296 g/mol. The number of hydrogen-bond donors (Lipinski definition) is 2. The number of aliphatic hydroxyl groups is 1. The number of aliphatic hydroxyl groups excluding tert-OH is 1. The molecule has 1 aromatic rings. The highest BCUT2D eigenvalue weighted by Gasteiger charge is 2.26. The molecule has 0 aliphatic heterocycles. The van der Waals surface area contributed by atoms with Crippen LogP contribution in [0.15, 0.2) is 18.2 Å². The van der Waals surface area contributed by atoms with Crippen LogP contribution in [0, 0.1) is 6.92 Å². The largest absolute Gasteiger partial charge is 0.395 e. The Morgan fingerprint density at radius 2 is 2.25 bits per heavy atom. The second-order valence-corrected chi connectivity index (χ2v) is 5.72. The van der Waals surface area contributed by atoms with Gasteiger partial charge in [-0.3, -0.25) is 9.69 Å². The number of aryl methyl sites for hydroxylation is 1. The van der Waals surface area contributed by atoms with Crippen LogP contribution in [0.5, 0.6) is 0 Å². The maximum absolute atomic E-state index is 12.1. The van der Waals surface area contributed by atoms with E-state index < -0.39 is 0 Å². The summed E-state index contributed by atoms with van der Waals surface area (Å²) in [7, 11) is 0. The first kappa shape index (κ1) is 15.3. The molecule has 1 aliphatic carbocycles. The zero-order valence-electron chi connectivity index (χ0n) is 11.7. The lowest BCUT2D eigenvalue weighted by atomic mass is 9.91. The van der Waals surface area contributed by atoms with Crippen LogP contribution in [0.4, 0.5) is 5.69 Å². The van der Waals surface area contributed by atoms with Crippen molar-refractivity contribution in [1.82, 2.24) is 4.90 Å². The predicted octanol–water partition coefficient (Wildman–Crippen LogP) is 2.43. The lowest BCUT2D eigenvalue weighted by Crippen LogP contribution is -2.45. The summed E-state index contributed by atoms with van der Waals surface area (Å²) < 4.78 is 0. The smallest absolute Gasteiger partial charge is 0.238 e. The number of amides is 1. The average Bonchev–Trinajstić information content (AvgIpc) is 2.31. The molecule has 1 amide bonds. The summed E-state index contributed by atoms with van der Waals surface area (Å²) in [5.41, 5.74) is 1.70. The van der Waals surface area contributed by atoms with E-state index in [1.807, 2.05) is 30.0 Å². The molecule has 0 spiro atoms. The Kier molecular flexibility index (Phi) is 5.40. The van der Waals surface area contributed by atoms with E-state index >= 15 is 0 Å². The number of nitrogens with one attached hydrogen (secondary N) is 1. The fraction of sp³-hybridized carbons (Fsp3) is 0.533. The zero-order valence-corrected chi connectivity index (χ0v) is 12.5. The van der Waals surface area contributed by atoms with Gasteiger partial charge in [0, 0.05) is 12.6 Å². The predicted molar refractivity (Wildman–Crippen MR) is 81.1 cm³/mol. The molecule has 5 heteroatoms. The number of benzene rings is 1. The van der Waals surface area contributed by atoms with E-state index in [-0.39, 0.29) is 12.5 Å². The molecule has 0 atom stereocenters. The number of hydrogen-bond acceptors (Lipinski definition) is 3. The zero-order chi connectivity index (χ0) is 14.5. The van der Waals surface area contributed by atoms with E-state index in [0.29, 0.717) is 29.8 Å². The van der Waals surface area contributed by atoms with Gasteiger partial charge in [-0.1, -0.05) is 24.1 Å². The van der Waals surface area contributed by atoms with Gasteiger partial charge in [-0.05, 0) is 37.5 Å². The lowest BCUT2D eigenvalue weighted by molar-refractivity contribution is -0.118. The summed E-state index contributed by atoms with van der Waals surface area (Å²) in [4.78, 5) is 14.1. The average molecular weight is 297 g/mol. The van der Waals surface area contributed by atoms with Crippen molar-refractivity contribution in [3.8, 4) is 0 Å². The third kappa shape index (κ3) is 3.95. The molecule has 1 fully saturated rings. The molecule has 1 saturated carbocycles. The summed E-state index contributed by atoms with van der Waals surface area (Å²) in [5.74, 6) is -0.0869. The van der Waals surface area contributed by atoms with Crippen LogP contribution < -0.4 is 5.32 Å². The summed E-state index contributed by atoms with van der Waals surface area (Å²) >= 11 is 6.10. The first-order valence-corrected chi connectivity index (χ1v) is 7.39. The van der Waals surface area contributed by atoms with Crippen LogP contribution in [-0.4, -0.2) is 41.7 Å². The molecule has 1 aromatic carbocycles. The molecule has 0 saturated heterocycles. The molecule has 110 valence electrons. The third-order valence-corrected chi connectivity index (χ3v) is 4.04. The topological polar surface area (TPSA) is 52.6 Å². The Hall–Kier alpha value is -1.10. The van der Waals surface area contributed by atoms with Gasteiger partial charge in [0.1, 0.15) is 0 Å². The molecule has 2 N–H and O–H groups in total. The Morgan fingerprint density at radius 3 is 2.80 bits per heavy atom. The standard InChI is InChI=1S/C15H21ClN2O2/c1-11-5-6-14(13(16)9-11)17-15(20)10-18(7-8-19)12-3-2-4-12/h5-6,9,12,19H,2-4,7-8,10H2,1H3,(H,17,20). The van der Waals surface area contributed by atoms with E-state index in [4.69, 9.17) is 16.7 Å². The van der Waals surface area contributed by atoms with E-state index in [1.54, 1.807) is 0 Å². The summed E-state index contributed by atoms with van der Waals surface area (Å²) in [6, 6.07) is 5.99. The minimum absolute atomic E-state index is 0.0784. The summed E-state index contributed by atoms with van der Waals surface area (Å²) in [6.07, 6.45) is 3.43. The Morgan fingerprint density at radius 1 is 1.50 bits per heavy atom. The van der Waals surface area contributed by atoms with E-state index in [9.17, 15) is 4.79 Å². The van der Waals surface area contributed by atoms with Crippen molar-refractivity contribution in [2.24, 2.45) is 0 Å². The second-order valence-electron chi connectivity index (χ2n) is 5.31. The van der Waals surface area contributed by atoms with Crippen molar-refractivity contribution in [2.75, 3.05) is 25.0 Å². The third-order valence-electron chi connectivity index (χ3n) is 3.72. The normalized spacial score (nSPS) is 15.2. The number of rotatable bonds is 6. The van der Waals surface area contributed by atoms with Crippen LogP contribution in [0.25, 0.3) is 0 Å². The molecule has 4 nitrogen and oxygen atoms in total. The van der Waals surface area contributed by atoms with Gasteiger partial charge in [-0.2, -0.15) is 0 Å². The van der Waals surface area contributed by atoms with Gasteiger partial charge in [0.25, 0.3) is 0 Å². The lowest BCUT2D eigenvalue weighted by Gasteiger charge is -2.36. The van der Waals surface area contributed by atoms with E-state index in [1.165, 1.54) is 6.42 Å². The molecule has 0 radical (unpaired) electrons. The number of halogens is 1. The summed E-state index contributed by atoms with van der Waals surface area (Å²) in [6.45, 7) is 2.88. The molecule has 20 heavy (non-hydrogen) atoms. The van der Waals surface area contributed by atoms with E-state index in [0.717, 1.165) is 18.4 Å². The number of carbonyl (C=O) groups is 1. The fourth-order valence-corrected chi connectivity index (χ4v) is 2.65. The quantitative estimate of drug-likeness (QED) is 0.848. The molecular formula is C15H21ClN2O2. The highest BCUT2D eigenvalue weighted by Crippen LogP contribution is 2.25. The van der Waals surface area contributed by atoms with Crippen molar-refractivity contribution in [3.05, 3.63) is 28.8 Å². The van der Waals surface area contributed by atoms with Gasteiger partial charge in [0.15, 0.2) is 0 Å². The first-order valence-electron chi connectivity index (χ1n) is 7.01. The maximum atomic E-state index is 12.1. The van der Waals surface area contributed by atoms with Gasteiger partial charge in [-0.25, -0.2) is 0 Å². The van der Waals surface area contributed by atoms with Crippen molar-refractivity contribution in [3.63, 3.8) is 0 Å². The Labute approximate surface area is 124 Å². The molecular weight excluding hydrogens is 276 g/mol. The van der Waals surface area contributed by atoms with Gasteiger partial charge in [0.2, 0.25) is 5.91 Å². The molecule has 2 rings (SSSR count). The highest BCUT2D eigenvalue weighted by molar-refractivity contribution is 6.33. The minimum Gasteiger partial charge on any atom is -0.395 e. The van der Waals surface area contributed by atoms with Crippen molar-refractivity contribution in [1.29, 1.82) is 0 Å². The SMILES string of the molecule is Cc1ccc(NC(=O)CN(CCO)C2CCC2)c(Cl)c1. The first-order chi connectivity index (χ1) is 9.60. The number of nitrogens with zero attached hydrogens (tertiary/aromatic N) is 1. The van der Waals surface area contributed by atoms with Gasteiger partial charge in [0.05, 0.1) is 23.9 Å². The second kappa shape index (κ2) is 7.07. The fourth-order valence-electron chi connectivity index (χ4n) is 2.37. The summed E-state index contributed by atoms with van der Waals surface area (Å²) in [5, 5.41) is 12.5. The van der Waals surface area contributed by atoms with Gasteiger partial charge in [-0.15, -0.1) is 0 Å². The minimum atomic E-state index is -0.0869. The number of anilines is 1. The van der Waals surface area contributed by atoms with Crippen LogP contribution in [0.1, 0.15) is 24.8 Å². The highest BCUT2D eigenvalue weighted by atomic mass is 35.5. The maximum Gasteiger partial charge on any atom is 0.238 e. The van der Waals surface area contributed by atoms with Crippen molar-refractivity contribution in [2.45, 2.75) is 32.2 Å². The van der Waals surface area contributed by atoms with Crippen LogP contribution >= 0.6 is 11.6 Å². The Bertz CT molecular complexity index is 475. The molecule has 0 bridgehead atoms. The van der Waals surface area contributed by atoms with Gasteiger partial charge < -0.3 is 10.4 Å². The van der Waals surface area contributed by atoms with Crippen LogP contribution in [0.3, 0.4) is 0 Å². The molecule has 0 aromatic heterocycles. The number of carbonyl (C=O) groups excluding carboxylic acids is 1. The van der Waals surface area contributed by atoms with Crippen molar-refractivity contribution >= 4 is 23.2 Å². The van der Waals surface area contributed by atoms with Crippen LogP contribution in [0.2, 0.25) is 5.02 Å². The Balaban J connectivity index is 1.93. The molecule has 0 unspecified atom stereocenters. The molecule has 0 heterocycles. The van der Waals surface area contributed by atoms with E-state index in [2.05, 4.69) is 5.32 Å². The van der Waals surface area contributed by atoms with Gasteiger partial charge >= 0.3 is 0 Å². The molecule has 1 aliphatic rings. The van der Waals surface area contributed by atoms with Crippen LogP contribution in [-0.2, 0) is 4.79 Å². The van der Waals surface area contributed by atoms with Crippen molar-refractivity contribution < 1.29 is 9.90 Å².